The van der Waals surface area contributed by atoms with Crippen LogP contribution >= 0.6 is 11.6 Å². The van der Waals surface area contributed by atoms with Crippen molar-refractivity contribution in [2.45, 2.75) is 45.0 Å². The number of anilines is 2. The van der Waals surface area contributed by atoms with E-state index in [9.17, 15) is 17.6 Å². The maximum Gasteiger partial charge on any atom is 0.316 e. The van der Waals surface area contributed by atoms with Crippen LogP contribution in [0.25, 0.3) is 5.69 Å². The molecule has 1 aliphatic carbocycles. The summed E-state index contributed by atoms with van der Waals surface area (Å²) >= 11 is 6.13. The molecule has 1 aliphatic heterocycles. The van der Waals surface area contributed by atoms with Crippen molar-refractivity contribution >= 4 is 33.2 Å². The van der Waals surface area contributed by atoms with Crippen LogP contribution < -0.4 is 25.7 Å². The number of nitrogens with one attached hydrogen (secondary N) is 1. The van der Waals surface area contributed by atoms with Gasteiger partial charge in [-0.25, -0.2) is 4.39 Å². The number of hydrogen-bond donors (Lipinski definition) is 2. The van der Waals surface area contributed by atoms with Crippen molar-refractivity contribution in [2.75, 3.05) is 36.8 Å². The lowest BCUT2D eigenvalue weighted by Crippen LogP contribution is -2.52. The average Bonchev–Trinajstić information content (AvgIpc) is 3.35. The molecule has 0 amide bonds. The van der Waals surface area contributed by atoms with Gasteiger partial charge in [-0.2, -0.15) is 27.2 Å². The van der Waals surface area contributed by atoms with Crippen molar-refractivity contribution in [2.24, 2.45) is 0 Å². The van der Waals surface area contributed by atoms with E-state index in [2.05, 4.69) is 9.82 Å². The van der Waals surface area contributed by atoms with Gasteiger partial charge in [0, 0.05) is 49.9 Å². The molecule has 2 fully saturated rings. The summed E-state index contributed by atoms with van der Waals surface area (Å²) in [5, 5.41) is 4.80. The summed E-state index contributed by atoms with van der Waals surface area (Å²) in [6.07, 6.45) is 1.23. The molecule has 2 aromatic carbocycles. The Hall–Kier alpha value is -3.19. The Labute approximate surface area is 237 Å². The van der Waals surface area contributed by atoms with E-state index >= 15 is 0 Å². The molecule has 2 heterocycles. The fraction of sp³-hybridized carbons (Fsp3) is 0.407. The van der Waals surface area contributed by atoms with Crippen LogP contribution in [0.4, 0.5) is 15.8 Å². The number of piperazine rings is 1. The minimum atomic E-state index is -3.75. The number of hydrogen-bond acceptors (Lipinski definition) is 7. The molecule has 0 bridgehead atoms. The Kier molecular flexibility index (Phi) is 8.31. The predicted molar refractivity (Wildman–Crippen MR) is 153 cm³/mol. The maximum absolute atomic E-state index is 13.9. The standard InChI is InChI=1S/C27H32ClFN6O4S/c1-18-5-6-19(13-24(18)30)16-32-40(37,38)34-11-9-33(10-12-34)25-17-31-35(22-4-2-3-20(28)14-22)27(36)26(25)39-23-8-7-21(29)15-23/h2-6,13-14,17,21,23,32H,7-12,15-16,30H2,1H3. The van der Waals surface area contributed by atoms with Gasteiger partial charge in [0.1, 0.15) is 18.0 Å². The summed E-state index contributed by atoms with van der Waals surface area (Å²) < 4.78 is 51.2. The molecular formula is C27H32ClFN6O4S. The lowest BCUT2D eigenvalue weighted by atomic mass is 10.1. The number of rotatable bonds is 8. The number of ether oxygens (including phenoxy) is 1. The first-order valence-electron chi connectivity index (χ1n) is 13.1. The summed E-state index contributed by atoms with van der Waals surface area (Å²) in [6.45, 7) is 3.02. The quantitative estimate of drug-likeness (QED) is 0.386. The van der Waals surface area contributed by atoms with Gasteiger partial charge in [0.05, 0.1) is 11.9 Å². The van der Waals surface area contributed by atoms with Gasteiger partial charge in [0.15, 0.2) is 0 Å². The predicted octanol–water partition coefficient (Wildman–Crippen LogP) is 3.20. The van der Waals surface area contributed by atoms with Crippen molar-refractivity contribution in [3.05, 3.63) is 75.2 Å². The first-order chi connectivity index (χ1) is 19.1. The molecule has 0 radical (unpaired) electrons. The first kappa shape index (κ1) is 28.3. The van der Waals surface area contributed by atoms with E-state index in [0.717, 1.165) is 11.1 Å². The highest BCUT2D eigenvalue weighted by Gasteiger charge is 2.32. The van der Waals surface area contributed by atoms with Gasteiger partial charge in [0.25, 0.3) is 10.2 Å². The summed E-state index contributed by atoms with van der Waals surface area (Å²) in [5.74, 6) is 0.0699. The fourth-order valence-electron chi connectivity index (χ4n) is 4.95. The van der Waals surface area contributed by atoms with E-state index < -0.39 is 28.0 Å². The van der Waals surface area contributed by atoms with E-state index in [1.807, 2.05) is 24.0 Å². The first-order valence-corrected chi connectivity index (χ1v) is 15.0. The van der Waals surface area contributed by atoms with Crippen molar-refractivity contribution in [1.82, 2.24) is 18.8 Å². The molecule has 1 saturated carbocycles. The molecule has 214 valence electrons. The van der Waals surface area contributed by atoms with Crippen LogP contribution in [0.5, 0.6) is 5.75 Å². The van der Waals surface area contributed by atoms with E-state index in [1.165, 1.54) is 15.2 Å². The number of nitrogen functional groups attached to an aromatic ring is 1. The SMILES string of the molecule is Cc1ccc(CNS(=O)(=O)N2CCN(c3cnn(-c4cccc(Cl)c4)c(=O)c3OC3CCC(F)C3)CC2)cc1N. The normalized spacial score (nSPS) is 20.1. The molecule has 2 unspecified atom stereocenters. The molecule has 13 heteroatoms. The van der Waals surface area contributed by atoms with Gasteiger partial charge in [-0.05, 0) is 55.2 Å². The molecule has 3 aromatic rings. The largest absolute Gasteiger partial charge is 0.483 e. The van der Waals surface area contributed by atoms with E-state index in [0.29, 0.717) is 48.0 Å². The van der Waals surface area contributed by atoms with Crippen molar-refractivity contribution in [3.8, 4) is 11.4 Å². The minimum Gasteiger partial charge on any atom is -0.483 e. The summed E-state index contributed by atoms with van der Waals surface area (Å²) in [4.78, 5) is 15.5. The second kappa shape index (κ2) is 11.7. The van der Waals surface area contributed by atoms with Crippen molar-refractivity contribution in [3.63, 3.8) is 0 Å². The van der Waals surface area contributed by atoms with Crippen LogP contribution in [0.15, 0.2) is 53.5 Å². The number of nitrogens with two attached hydrogens (primary N) is 1. The van der Waals surface area contributed by atoms with Gasteiger partial charge in [-0.1, -0.05) is 29.8 Å². The summed E-state index contributed by atoms with van der Waals surface area (Å²) in [7, 11) is -3.75. The number of halogens is 2. The summed E-state index contributed by atoms with van der Waals surface area (Å²) in [5.41, 5.74) is 8.68. The molecule has 2 aliphatic rings. The van der Waals surface area contributed by atoms with Crippen molar-refractivity contribution < 1.29 is 17.5 Å². The molecule has 2 atom stereocenters. The van der Waals surface area contributed by atoms with Crippen LogP contribution in [0.2, 0.25) is 5.02 Å². The third-order valence-electron chi connectivity index (χ3n) is 7.29. The molecule has 0 spiro atoms. The number of aryl methyl sites for hydroxylation is 1. The average molecular weight is 591 g/mol. The monoisotopic (exact) mass is 590 g/mol. The summed E-state index contributed by atoms with van der Waals surface area (Å²) in [6, 6.07) is 12.2. The van der Waals surface area contributed by atoms with Gasteiger partial charge in [0.2, 0.25) is 5.75 Å². The molecule has 1 saturated heterocycles. The van der Waals surface area contributed by atoms with E-state index in [1.54, 1.807) is 30.3 Å². The molecule has 5 rings (SSSR count). The smallest absolute Gasteiger partial charge is 0.316 e. The van der Waals surface area contributed by atoms with Crippen molar-refractivity contribution in [1.29, 1.82) is 0 Å². The lowest BCUT2D eigenvalue weighted by Gasteiger charge is -2.35. The zero-order valence-corrected chi connectivity index (χ0v) is 23.7. The highest BCUT2D eigenvalue weighted by Crippen LogP contribution is 2.31. The molecule has 1 aromatic heterocycles. The zero-order valence-electron chi connectivity index (χ0n) is 22.1. The van der Waals surface area contributed by atoms with Crippen LogP contribution in [0.1, 0.15) is 30.4 Å². The van der Waals surface area contributed by atoms with Crippen LogP contribution in [-0.2, 0) is 16.8 Å². The topological polar surface area (TPSA) is 123 Å². The zero-order chi connectivity index (χ0) is 28.4. The second-order valence-corrected chi connectivity index (χ2v) is 12.3. The Bertz CT molecular complexity index is 1540. The molecule has 40 heavy (non-hydrogen) atoms. The Morgan fingerprint density at radius 1 is 1.15 bits per heavy atom. The third kappa shape index (κ3) is 6.25. The minimum absolute atomic E-state index is 0.0699. The van der Waals surface area contributed by atoms with Crippen LogP contribution in [0, 0.1) is 6.92 Å². The molecule has 3 N–H and O–H groups in total. The van der Waals surface area contributed by atoms with E-state index in [-0.39, 0.29) is 31.8 Å². The van der Waals surface area contributed by atoms with Gasteiger partial charge in [-0.3, -0.25) is 4.79 Å². The highest BCUT2D eigenvalue weighted by molar-refractivity contribution is 7.87. The Morgan fingerprint density at radius 3 is 2.60 bits per heavy atom. The number of benzene rings is 2. The molecule has 10 nitrogen and oxygen atoms in total. The van der Waals surface area contributed by atoms with Crippen LogP contribution in [0.3, 0.4) is 0 Å². The van der Waals surface area contributed by atoms with Crippen LogP contribution in [-0.4, -0.2) is 61.0 Å². The Balaban J connectivity index is 1.33. The second-order valence-electron chi connectivity index (χ2n) is 10.1. The van der Waals surface area contributed by atoms with Gasteiger partial charge in [-0.15, -0.1) is 0 Å². The van der Waals surface area contributed by atoms with Gasteiger partial charge < -0.3 is 15.4 Å². The lowest BCUT2D eigenvalue weighted by molar-refractivity contribution is 0.193. The van der Waals surface area contributed by atoms with Gasteiger partial charge >= 0.3 is 5.56 Å². The number of alkyl halides is 1. The number of aromatic nitrogens is 2. The van der Waals surface area contributed by atoms with E-state index in [4.69, 9.17) is 22.1 Å². The molecular weight excluding hydrogens is 559 g/mol. The number of nitrogens with zero attached hydrogens (tertiary/aromatic N) is 4. The maximum atomic E-state index is 13.9. The highest BCUT2D eigenvalue weighted by atomic mass is 35.5. The Morgan fingerprint density at radius 2 is 1.93 bits per heavy atom. The fourth-order valence-corrected chi connectivity index (χ4v) is 6.31. The third-order valence-corrected chi connectivity index (χ3v) is 9.08.